The fraction of sp³-hybridized carbons (Fsp3) is 0.125. The number of anilines is 1. The molecule has 0 atom stereocenters. The number of carbonyl (C=O) groups excluding carboxylic acids is 2. The summed E-state index contributed by atoms with van der Waals surface area (Å²) in [6.07, 6.45) is 0. The minimum absolute atomic E-state index is 0.105. The number of esters is 1. The maximum atomic E-state index is 12.2. The van der Waals surface area contributed by atoms with Crippen LogP contribution >= 0.6 is 0 Å². The summed E-state index contributed by atoms with van der Waals surface area (Å²) in [5.74, 6) is -0.920. The minimum Gasteiger partial charge on any atom is -0.465 e. The van der Waals surface area contributed by atoms with Gasteiger partial charge in [-0.25, -0.2) is 4.79 Å². The normalized spacial score (nSPS) is 10.0. The Morgan fingerprint density at radius 2 is 1.70 bits per heavy atom. The van der Waals surface area contributed by atoms with Gasteiger partial charge < -0.3 is 10.1 Å². The second-order valence-electron chi connectivity index (χ2n) is 4.78. The number of nitro groups is 1. The molecule has 2 rings (SSSR count). The van der Waals surface area contributed by atoms with Crippen LogP contribution in [0.25, 0.3) is 0 Å². The SMILES string of the molecule is COC(=O)c1ccc(C(=O)Nc2cc([N+](=O)[O-])ccc2C)cc1. The number of nitrogens with one attached hydrogen (secondary N) is 1. The molecule has 23 heavy (non-hydrogen) atoms. The summed E-state index contributed by atoms with van der Waals surface area (Å²) in [5, 5.41) is 13.4. The monoisotopic (exact) mass is 314 g/mol. The van der Waals surface area contributed by atoms with Crippen molar-refractivity contribution >= 4 is 23.3 Å². The molecule has 0 fully saturated rings. The van der Waals surface area contributed by atoms with Crippen molar-refractivity contribution < 1.29 is 19.2 Å². The number of rotatable bonds is 4. The second-order valence-corrected chi connectivity index (χ2v) is 4.78. The molecule has 0 bridgehead atoms. The van der Waals surface area contributed by atoms with Gasteiger partial charge in [0.2, 0.25) is 0 Å². The summed E-state index contributed by atoms with van der Waals surface area (Å²) in [6, 6.07) is 10.1. The molecule has 1 N–H and O–H groups in total. The fourth-order valence-electron chi connectivity index (χ4n) is 1.93. The van der Waals surface area contributed by atoms with E-state index >= 15 is 0 Å². The molecule has 0 aliphatic rings. The lowest BCUT2D eigenvalue weighted by Crippen LogP contribution is -2.13. The zero-order chi connectivity index (χ0) is 17.0. The number of amides is 1. The van der Waals surface area contributed by atoms with Gasteiger partial charge in [0.1, 0.15) is 0 Å². The van der Waals surface area contributed by atoms with Crippen LogP contribution < -0.4 is 5.32 Å². The van der Waals surface area contributed by atoms with Crippen molar-refractivity contribution in [3.05, 3.63) is 69.3 Å². The Balaban J connectivity index is 2.20. The van der Waals surface area contributed by atoms with Crippen molar-refractivity contribution in [3.8, 4) is 0 Å². The highest BCUT2D eigenvalue weighted by Gasteiger charge is 2.13. The highest BCUT2D eigenvalue weighted by molar-refractivity contribution is 6.05. The van der Waals surface area contributed by atoms with Crippen molar-refractivity contribution in [3.63, 3.8) is 0 Å². The van der Waals surface area contributed by atoms with E-state index in [4.69, 9.17) is 0 Å². The van der Waals surface area contributed by atoms with Crippen LogP contribution in [0.4, 0.5) is 11.4 Å². The standard InChI is InChI=1S/C16H14N2O5/c1-10-3-8-13(18(21)22)9-14(10)17-15(19)11-4-6-12(7-5-11)16(20)23-2/h3-9H,1-2H3,(H,17,19). The third-order valence-electron chi connectivity index (χ3n) is 3.25. The minimum atomic E-state index is -0.528. The Morgan fingerprint density at radius 3 is 2.26 bits per heavy atom. The molecule has 0 unspecified atom stereocenters. The van der Waals surface area contributed by atoms with Crippen LogP contribution in [0.1, 0.15) is 26.3 Å². The van der Waals surface area contributed by atoms with Crippen molar-refractivity contribution in [2.45, 2.75) is 6.92 Å². The molecule has 0 aliphatic heterocycles. The number of benzene rings is 2. The van der Waals surface area contributed by atoms with Gasteiger partial charge in [0.25, 0.3) is 11.6 Å². The number of ether oxygens (including phenoxy) is 1. The Kier molecular flexibility index (Phi) is 4.70. The number of hydrogen-bond acceptors (Lipinski definition) is 5. The smallest absolute Gasteiger partial charge is 0.337 e. The summed E-state index contributed by atoms with van der Waals surface area (Å²) in [5.41, 5.74) is 1.61. The lowest BCUT2D eigenvalue weighted by atomic mass is 10.1. The molecule has 2 aromatic carbocycles. The van der Waals surface area contributed by atoms with Crippen LogP contribution in [-0.4, -0.2) is 23.9 Å². The highest BCUT2D eigenvalue weighted by atomic mass is 16.6. The molecule has 0 saturated heterocycles. The largest absolute Gasteiger partial charge is 0.465 e. The molecule has 0 saturated carbocycles. The third-order valence-corrected chi connectivity index (χ3v) is 3.25. The van der Waals surface area contributed by atoms with Crippen molar-refractivity contribution in [1.29, 1.82) is 0 Å². The Labute approximate surface area is 132 Å². The Morgan fingerprint density at radius 1 is 1.09 bits per heavy atom. The van der Waals surface area contributed by atoms with Gasteiger partial charge in [-0.2, -0.15) is 0 Å². The number of non-ortho nitro benzene ring substituents is 1. The number of hydrogen-bond donors (Lipinski definition) is 1. The van der Waals surface area contributed by atoms with Gasteiger partial charge in [-0.1, -0.05) is 6.07 Å². The van der Waals surface area contributed by atoms with Crippen molar-refractivity contribution in [2.24, 2.45) is 0 Å². The van der Waals surface area contributed by atoms with Crippen LogP contribution in [0.15, 0.2) is 42.5 Å². The Hall–Kier alpha value is -3.22. The molecule has 0 spiro atoms. The second kappa shape index (κ2) is 6.69. The number of methoxy groups -OCH3 is 1. The summed E-state index contributed by atoms with van der Waals surface area (Å²) in [6.45, 7) is 1.74. The van der Waals surface area contributed by atoms with E-state index in [9.17, 15) is 19.7 Å². The third kappa shape index (κ3) is 3.70. The van der Waals surface area contributed by atoms with Crippen LogP contribution in [0, 0.1) is 17.0 Å². The fourth-order valence-corrected chi connectivity index (χ4v) is 1.93. The average molecular weight is 314 g/mol. The number of nitrogens with zero attached hydrogens (tertiary/aromatic N) is 1. The van der Waals surface area contributed by atoms with E-state index in [1.54, 1.807) is 13.0 Å². The molecular formula is C16H14N2O5. The summed E-state index contributed by atoms with van der Waals surface area (Å²) in [7, 11) is 1.27. The summed E-state index contributed by atoms with van der Waals surface area (Å²) >= 11 is 0. The zero-order valence-electron chi connectivity index (χ0n) is 12.5. The molecular weight excluding hydrogens is 300 g/mol. The molecule has 0 heterocycles. The maximum absolute atomic E-state index is 12.2. The quantitative estimate of drug-likeness (QED) is 0.531. The molecule has 0 radical (unpaired) electrons. The van der Waals surface area contributed by atoms with E-state index in [0.717, 1.165) is 0 Å². The first-order valence-electron chi connectivity index (χ1n) is 6.67. The van der Waals surface area contributed by atoms with Crippen LogP contribution in [0.2, 0.25) is 0 Å². The molecule has 2 aromatic rings. The first kappa shape index (κ1) is 16.2. The lowest BCUT2D eigenvalue weighted by Gasteiger charge is -2.08. The zero-order valence-corrected chi connectivity index (χ0v) is 12.5. The summed E-state index contributed by atoms with van der Waals surface area (Å²) < 4.78 is 4.58. The predicted octanol–water partition coefficient (Wildman–Crippen LogP) is 2.94. The Bertz CT molecular complexity index is 769. The first-order valence-corrected chi connectivity index (χ1v) is 6.67. The predicted molar refractivity (Wildman–Crippen MR) is 83.6 cm³/mol. The topological polar surface area (TPSA) is 98.5 Å². The molecule has 1 amide bonds. The van der Waals surface area contributed by atoms with E-state index in [2.05, 4.69) is 10.1 Å². The van der Waals surface area contributed by atoms with Gasteiger partial charge in [-0.05, 0) is 36.8 Å². The van der Waals surface area contributed by atoms with Crippen LogP contribution in [0.5, 0.6) is 0 Å². The van der Waals surface area contributed by atoms with Crippen LogP contribution in [-0.2, 0) is 4.74 Å². The van der Waals surface area contributed by atoms with E-state index < -0.39 is 16.8 Å². The van der Waals surface area contributed by atoms with Crippen molar-refractivity contribution in [1.82, 2.24) is 0 Å². The average Bonchev–Trinajstić information content (AvgIpc) is 2.56. The molecule has 0 aliphatic carbocycles. The summed E-state index contributed by atoms with van der Waals surface area (Å²) in [4.78, 5) is 33.8. The van der Waals surface area contributed by atoms with Crippen molar-refractivity contribution in [2.75, 3.05) is 12.4 Å². The van der Waals surface area contributed by atoms with Gasteiger partial charge >= 0.3 is 5.97 Å². The van der Waals surface area contributed by atoms with E-state index in [1.165, 1.54) is 43.5 Å². The van der Waals surface area contributed by atoms with Gasteiger partial charge in [-0.3, -0.25) is 14.9 Å². The maximum Gasteiger partial charge on any atom is 0.337 e. The molecule has 0 aromatic heterocycles. The van der Waals surface area contributed by atoms with E-state index in [1.807, 2.05) is 0 Å². The first-order chi connectivity index (χ1) is 10.9. The van der Waals surface area contributed by atoms with E-state index in [-0.39, 0.29) is 5.69 Å². The highest BCUT2D eigenvalue weighted by Crippen LogP contribution is 2.22. The number of nitro benzene ring substituents is 1. The van der Waals surface area contributed by atoms with Gasteiger partial charge in [-0.15, -0.1) is 0 Å². The van der Waals surface area contributed by atoms with Gasteiger partial charge in [0.15, 0.2) is 0 Å². The molecule has 7 heteroatoms. The molecule has 7 nitrogen and oxygen atoms in total. The van der Waals surface area contributed by atoms with Gasteiger partial charge in [0.05, 0.1) is 23.3 Å². The van der Waals surface area contributed by atoms with Crippen LogP contribution in [0.3, 0.4) is 0 Å². The molecule has 118 valence electrons. The number of carbonyl (C=O) groups is 2. The van der Waals surface area contributed by atoms with Gasteiger partial charge in [0, 0.05) is 17.7 Å². The van der Waals surface area contributed by atoms with E-state index in [0.29, 0.717) is 22.4 Å². The number of aryl methyl sites for hydroxylation is 1. The lowest BCUT2D eigenvalue weighted by molar-refractivity contribution is -0.384.